The molecule has 6 nitrogen and oxygen atoms in total. The molecule has 9 rings (SSSR count). The Morgan fingerprint density at radius 1 is 0.333 bits per heavy atom. The minimum absolute atomic E-state index is 0.00942. The topological polar surface area (TPSA) is 78.9 Å². The monoisotopic (exact) mass is 1050 g/mol. The van der Waals surface area contributed by atoms with Gasteiger partial charge in [0, 0.05) is 33.4 Å². The molecule has 0 saturated carbocycles. The molecule has 0 aromatic heterocycles. The van der Waals surface area contributed by atoms with E-state index in [-0.39, 0.29) is 68.2 Å². The average molecular weight is 1050 g/mol. The van der Waals surface area contributed by atoms with Crippen molar-refractivity contribution in [2.75, 3.05) is 0 Å². The van der Waals surface area contributed by atoms with E-state index in [1.54, 1.807) is 0 Å². The summed E-state index contributed by atoms with van der Waals surface area (Å²) < 4.78 is 17.5. The molecule has 3 heterocycles. The molecule has 0 N–H and O–H groups in total. The normalized spacial score (nSPS) is 17.2. The lowest BCUT2D eigenvalue weighted by Gasteiger charge is -2.27. The molecule has 0 fully saturated rings. The number of hydrogen-bond donors (Lipinski definition) is 0. The highest BCUT2D eigenvalue weighted by Crippen LogP contribution is 2.51. The molecule has 0 amide bonds. The van der Waals surface area contributed by atoms with Gasteiger partial charge in [0.15, 0.2) is 0 Å². The van der Waals surface area contributed by atoms with E-state index < -0.39 is 0 Å². The average Bonchev–Trinajstić information content (AvgIpc) is 4.22. The number of rotatable bonds is 6. The fourth-order valence-electron chi connectivity index (χ4n) is 10.8. The molecule has 0 aliphatic carbocycles. The summed E-state index contributed by atoms with van der Waals surface area (Å²) in [5.41, 5.74) is 16.7. The molecule has 3 unspecified atom stereocenters. The molecule has 3 aliphatic heterocycles. The van der Waals surface area contributed by atoms with Crippen molar-refractivity contribution in [1.29, 1.82) is 0 Å². The van der Waals surface area contributed by atoms with Crippen molar-refractivity contribution in [2.24, 2.45) is 0 Å². The Kier molecular flexibility index (Phi) is 16.6. The first-order valence-electron chi connectivity index (χ1n) is 28.6. The first-order valence-corrected chi connectivity index (χ1v) is 28.6. The molecule has 3 atom stereocenters. The van der Waals surface area contributed by atoms with Crippen molar-refractivity contribution >= 4 is 17.9 Å². The molecule has 6 aromatic carbocycles. The van der Waals surface area contributed by atoms with Crippen molar-refractivity contribution in [3.63, 3.8) is 0 Å². The lowest BCUT2D eigenvalue weighted by atomic mass is 9.77. The lowest BCUT2D eigenvalue weighted by Crippen LogP contribution is -2.17. The van der Waals surface area contributed by atoms with Crippen LogP contribution in [0.4, 0.5) is 0 Å². The zero-order chi connectivity index (χ0) is 57.8. The maximum absolute atomic E-state index is 12.9. The molecule has 0 saturated heterocycles. The van der Waals surface area contributed by atoms with Gasteiger partial charge in [0.05, 0.1) is 0 Å². The minimum Gasteiger partial charge on any atom is -0.425 e. The molecular weight excluding hydrogens is 961 g/mol. The lowest BCUT2D eigenvalue weighted by molar-refractivity contribution is -0.134. The van der Waals surface area contributed by atoms with E-state index in [9.17, 15) is 14.4 Å². The number of carbonyl (C=O) groups is 3. The molecule has 0 spiro atoms. The summed E-state index contributed by atoms with van der Waals surface area (Å²) in [5, 5.41) is 0. The van der Waals surface area contributed by atoms with Crippen molar-refractivity contribution in [2.45, 2.75) is 215 Å². The van der Waals surface area contributed by atoms with Gasteiger partial charge in [-0.1, -0.05) is 255 Å². The summed E-state index contributed by atoms with van der Waals surface area (Å²) in [7, 11) is 0. The molecular formula is C72H90O6. The van der Waals surface area contributed by atoms with Gasteiger partial charge in [0.25, 0.3) is 0 Å². The number of benzene rings is 6. The van der Waals surface area contributed by atoms with Gasteiger partial charge in [-0.15, -0.1) is 0 Å². The van der Waals surface area contributed by atoms with Crippen LogP contribution in [0, 0.1) is 0 Å². The third kappa shape index (κ3) is 12.4. The Balaban J connectivity index is 0.000000170. The maximum Gasteiger partial charge on any atom is 0.323 e. The second-order valence-electron chi connectivity index (χ2n) is 28.1. The number of ether oxygens (including phenoxy) is 3. The molecule has 78 heavy (non-hydrogen) atoms. The molecule has 6 heteroatoms. The second kappa shape index (κ2) is 21.8. The summed E-state index contributed by atoms with van der Waals surface area (Å²) in [6, 6.07) is 38.1. The smallest absolute Gasteiger partial charge is 0.323 e. The van der Waals surface area contributed by atoms with Gasteiger partial charge < -0.3 is 14.2 Å². The minimum atomic E-state index is -0.334. The summed E-state index contributed by atoms with van der Waals surface area (Å²) in [6.45, 7) is 45.9. The molecule has 414 valence electrons. The summed E-state index contributed by atoms with van der Waals surface area (Å²) in [6.07, 6.45) is 2.85. The van der Waals surface area contributed by atoms with Crippen LogP contribution in [0.5, 0.6) is 17.2 Å². The van der Waals surface area contributed by atoms with Crippen LogP contribution in [0.15, 0.2) is 109 Å². The van der Waals surface area contributed by atoms with Crippen LogP contribution in [0.2, 0.25) is 0 Å². The summed E-state index contributed by atoms with van der Waals surface area (Å²) >= 11 is 0. The standard InChI is InChI=1S/3C24H30O2/c1-8-15-9-11-16(12-10-15)20-18-13-17(23(2,3)4)14-19(24(5,6)7)21(18)26-22(20)25;1-8-15-10-9-11-16(12-15)20-18-13-17(23(2,3)4)14-19(24(5,6)7)21(18)26-22(20)25;1-8-15-11-9-10-12-17(15)20-18-13-16(23(2,3)4)14-19(24(5,6)7)21(18)26-22(20)25/h3*9-14,20H,8H2,1-7H3. The van der Waals surface area contributed by atoms with Crippen LogP contribution in [0.3, 0.4) is 0 Å². The molecule has 0 radical (unpaired) electrons. The van der Waals surface area contributed by atoms with Crippen molar-refractivity contribution < 1.29 is 28.6 Å². The van der Waals surface area contributed by atoms with Crippen LogP contribution in [-0.4, -0.2) is 17.9 Å². The van der Waals surface area contributed by atoms with Gasteiger partial charge in [-0.25, -0.2) is 0 Å². The van der Waals surface area contributed by atoms with Gasteiger partial charge in [0.2, 0.25) is 0 Å². The summed E-state index contributed by atoms with van der Waals surface area (Å²) in [5.74, 6) is 0.820. The van der Waals surface area contributed by atoms with E-state index in [1.807, 2.05) is 24.3 Å². The van der Waals surface area contributed by atoms with Gasteiger partial charge in [-0.2, -0.15) is 0 Å². The van der Waals surface area contributed by atoms with Gasteiger partial charge in [0.1, 0.15) is 35.0 Å². The van der Waals surface area contributed by atoms with Crippen molar-refractivity contribution in [3.8, 4) is 17.2 Å². The molecule has 0 bridgehead atoms. The van der Waals surface area contributed by atoms with Crippen LogP contribution in [0.1, 0.15) is 247 Å². The third-order valence-corrected chi connectivity index (χ3v) is 15.8. The predicted octanol–water partition coefficient (Wildman–Crippen LogP) is 17.7. The Morgan fingerprint density at radius 3 is 1.08 bits per heavy atom. The van der Waals surface area contributed by atoms with Gasteiger partial charge in [-0.05, 0) is 102 Å². The SMILES string of the molecule is CCc1ccc(C2C(=O)Oc3c2cc(C(C)(C)C)cc3C(C)(C)C)cc1.CCc1cccc(C2C(=O)Oc3c2cc(C(C)(C)C)cc3C(C)(C)C)c1.CCc1ccccc1C1C(=O)Oc2c1cc(C(C)(C)C)cc2C(C)(C)C. The van der Waals surface area contributed by atoms with E-state index >= 15 is 0 Å². The highest BCUT2D eigenvalue weighted by Gasteiger charge is 2.43. The highest BCUT2D eigenvalue weighted by atomic mass is 16.6. The number of esters is 3. The van der Waals surface area contributed by atoms with Crippen LogP contribution in [0.25, 0.3) is 0 Å². The summed E-state index contributed by atoms with van der Waals surface area (Å²) in [4.78, 5) is 38.6. The molecule has 6 aromatic rings. The zero-order valence-corrected chi connectivity index (χ0v) is 51.2. The Hall–Kier alpha value is -6.27. The maximum atomic E-state index is 12.9. The van der Waals surface area contributed by atoms with Crippen molar-refractivity contribution in [3.05, 3.63) is 193 Å². The number of fused-ring (bicyclic) bond motifs is 3. The molecule has 3 aliphatic rings. The highest BCUT2D eigenvalue weighted by molar-refractivity contribution is 5.92. The fourth-order valence-corrected chi connectivity index (χ4v) is 10.8. The largest absolute Gasteiger partial charge is 0.425 e. The van der Waals surface area contributed by atoms with E-state index in [0.717, 1.165) is 86.6 Å². The predicted molar refractivity (Wildman–Crippen MR) is 321 cm³/mol. The zero-order valence-electron chi connectivity index (χ0n) is 51.2. The number of hydrogen-bond acceptors (Lipinski definition) is 6. The third-order valence-electron chi connectivity index (χ3n) is 15.8. The van der Waals surface area contributed by atoms with E-state index in [4.69, 9.17) is 14.2 Å². The van der Waals surface area contributed by atoms with Gasteiger partial charge in [-0.3, -0.25) is 14.4 Å². The van der Waals surface area contributed by atoms with Gasteiger partial charge >= 0.3 is 17.9 Å². The Labute approximate surface area is 469 Å². The van der Waals surface area contributed by atoms with Crippen LogP contribution in [-0.2, 0) is 66.1 Å². The van der Waals surface area contributed by atoms with E-state index in [2.05, 4.69) is 230 Å². The second-order valence-corrected chi connectivity index (χ2v) is 28.1. The first-order chi connectivity index (χ1) is 36.1. The van der Waals surface area contributed by atoms with Crippen LogP contribution >= 0.6 is 0 Å². The van der Waals surface area contributed by atoms with E-state index in [0.29, 0.717) is 0 Å². The van der Waals surface area contributed by atoms with E-state index in [1.165, 1.54) is 33.4 Å². The van der Waals surface area contributed by atoms with Crippen LogP contribution < -0.4 is 14.2 Å². The quantitative estimate of drug-likeness (QED) is 0.122. The Bertz CT molecular complexity index is 3210. The Morgan fingerprint density at radius 2 is 0.705 bits per heavy atom. The fraction of sp³-hybridized carbons (Fsp3) is 0.458. The first kappa shape index (κ1) is 59.4. The van der Waals surface area contributed by atoms with Crippen molar-refractivity contribution in [1.82, 2.24) is 0 Å². The number of carbonyl (C=O) groups excluding carboxylic acids is 3. The number of aryl methyl sites for hydroxylation is 3.